The molecule has 0 saturated heterocycles. The molecule has 2 N–H and O–H groups in total. The first-order valence-electron chi connectivity index (χ1n) is 4.25. The molecule has 0 aliphatic rings. The van der Waals surface area contributed by atoms with Crippen LogP contribution in [-0.4, -0.2) is 16.2 Å². The van der Waals surface area contributed by atoms with Crippen LogP contribution in [0, 0.1) is 0 Å². The average Bonchev–Trinajstić information content (AvgIpc) is 2.69. The highest BCUT2D eigenvalue weighted by Gasteiger charge is 2.02. The molecule has 0 aliphatic carbocycles. The van der Waals surface area contributed by atoms with Crippen molar-refractivity contribution in [3.63, 3.8) is 0 Å². The van der Waals surface area contributed by atoms with E-state index in [1.165, 1.54) is 11.3 Å². The van der Waals surface area contributed by atoms with Gasteiger partial charge in [-0.3, -0.25) is 5.32 Å². The molecule has 0 spiro atoms. The summed E-state index contributed by atoms with van der Waals surface area (Å²) in [5.74, 6) is 0. The Bertz CT molecular complexity index is 468. The molecular formula is C10H8N2O2S. The van der Waals surface area contributed by atoms with E-state index >= 15 is 0 Å². The van der Waals surface area contributed by atoms with Gasteiger partial charge in [-0.2, -0.15) is 0 Å². The minimum Gasteiger partial charge on any atom is -0.465 e. The normalized spacial score (nSPS) is 9.87. The molecule has 4 nitrogen and oxygen atoms in total. The van der Waals surface area contributed by atoms with Gasteiger partial charge in [0.25, 0.3) is 0 Å². The quantitative estimate of drug-likeness (QED) is 0.818. The molecule has 15 heavy (non-hydrogen) atoms. The molecule has 2 rings (SSSR count). The number of amides is 1. The van der Waals surface area contributed by atoms with E-state index in [0.29, 0.717) is 5.69 Å². The van der Waals surface area contributed by atoms with Crippen LogP contribution in [-0.2, 0) is 0 Å². The number of nitrogens with zero attached hydrogens (tertiary/aromatic N) is 1. The molecule has 2 aromatic rings. The smallest absolute Gasteiger partial charge is 0.409 e. The van der Waals surface area contributed by atoms with Crippen molar-refractivity contribution < 1.29 is 9.90 Å². The van der Waals surface area contributed by atoms with Gasteiger partial charge in [0.1, 0.15) is 5.01 Å². The summed E-state index contributed by atoms with van der Waals surface area (Å²) in [5.41, 5.74) is 1.46. The van der Waals surface area contributed by atoms with Gasteiger partial charge in [-0.1, -0.05) is 12.1 Å². The SMILES string of the molecule is O=C(O)Nc1cccc(-c2nccs2)c1. The third kappa shape index (κ3) is 2.32. The third-order valence-corrected chi connectivity index (χ3v) is 2.62. The Morgan fingerprint density at radius 1 is 1.47 bits per heavy atom. The molecule has 0 radical (unpaired) electrons. The molecule has 0 aliphatic heterocycles. The molecule has 76 valence electrons. The Labute approximate surface area is 90.2 Å². The fourth-order valence-corrected chi connectivity index (χ4v) is 1.85. The van der Waals surface area contributed by atoms with Gasteiger partial charge in [0, 0.05) is 22.8 Å². The molecular weight excluding hydrogens is 212 g/mol. The number of nitrogens with one attached hydrogen (secondary N) is 1. The first-order chi connectivity index (χ1) is 7.25. The van der Waals surface area contributed by atoms with Gasteiger partial charge in [0.15, 0.2) is 0 Å². The summed E-state index contributed by atoms with van der Waals surface area (Å²) in [7, 11) is 0. The van der Waals surface area contributed by atoms with Crippen molar-refractivity contribution >= 4 is 23.1 Å². The first-order valence-corrected chi connectivity index (χ1v) is 5.13. The summed E-state index contributed by atoms with van der Waals surface area (Å²) in [5, 5.41) is 13.6. The molecule has 5 heteroatoms. The molecule has 0 saturated carbocycles. The summed E-state index contributed by atoms with van der Waals surface area (Å²) in [4.78, 5) is 14.6. The van der Waals surface area contributed by atoms with Crippen molar-refractivity contribution in [3.05, 3.63) is 35.8 Å². The lowest BCUT2D eigenvalue weighted by molar-refractivity contribution is 0.210. The zero-order valence-corrected chi connectivity index (χ0v) is 8.49. The topological polar surface area (TPSA) is 62.2 Å². The molecule has 1 heterocycles. The number of aromatic nitrogens is 1. The van der Waals surface area contributed by atoms with Crippen LogP contribution >= 0.6 is 11.3 Å². The largest absolute Gasteiger partial charge is 0.465 e. The van der Waals surface area contributed by atoms with E-state index in [9.17, 15) is 4.79 Å². The van der Waals surface area contributed by atoms with Crippen molar-refractivity contribution in [2.75, 3.05) is 5.32 Å². The van der Waals surface area contributed by atoms with E-state index in [1.807, 2.05) is 11.4 Å². The Balaban J connectivity index is 2.31. The van der Waals surface area contributed by atoms with Crippen LogP contribution in [0.3, 0.4) is 0 Å². The third-order valence-electron chi connectivity index (χ3n) is 1.79. The number of anilines is 1. The maximum atomic E-state index is 10.4. The Morgan fingerprint density at radius 2 is 2.33 bits per heavy atom. The monoisotopic (exact) mass is 220 g/mol. The molecule has 0 fully saturated rings. The number of hydrogen-bond acceptors (Lipinski definition) is 3. The van der Waals surface area contributed by atoms with Gasteiger partial charge < -0.3 is 5.11 Å². The van der Waals surface area contributed by atoms with E-state index in [4.69, 9.17) is 5.11 Å². The highest BCUT2D eigenvalue weighted by Crippen LogP contribution is 2.24. The average molecular weight is 220 g/mol. The van der Waals surface area contributed by atoms with Gasteiger partial charge in [0.05, 0.1) is 0 Å². The molecule has 1 aromatic heterocycles. The standard InChI is InChI=1S/C10H8N2O2S/c13-10(14)12-8-3-1-2-7(6-8)9-11-4-5-15-9/h1-6,12H,(H,13,14). The zero-order valence-electron chi connectivity index (χ0n) is 7.68. The Hall–Kier alpha value is -1.88. The summed E-state index contributed by atoms with van der Waals surface area (Å²) in [6.07, 6.45) is 0.656. The lowest BCUT2D eigenvalue weighted by Gasteiger charge is -2.02. The second-order valence-corrected chi connectivity index (χ2v) is 3.74. The van der Waals surface area contributed by atoms with Gasteiger partial charge in [0.2, 0.25) is 0 Å². The Morgan fingerprint density at radius 3 is 3.00 bits per heavy atom. The number of carbonyl (C=O) groups is 1. The van der Waals surface area contributed by atoms with Crippen LogP contribution in [0.4, 0.5) is 10.5 Å². The summed E-state index contributed by atoms with van der Waals surface area (Å²) >= 11 is 1.52. The minimum absolute atomic E-state index is 0.551. The van der Waals surface area contributed by atoms with Crippen LogP contribution in [0.25, 0.3) is 10.6 Å². The second-order valence-electron chi connectivity index (χ2n) is 2.85. The highest BCUT2D eigenvalue weighted by atomic mass is 32.1. The predicted octanol–water partition coefficient (Wildman–Crippen LogP) is 2.90. The van der Waals surface area contributed by atoms with Crippen molar-refractivity contribution in [2.45, 2.75) is 0 Å². The maximum Gasteiger partial charge on any atom is 0.409 e. The number of thiazole rings is 1. The zero-order chi connectivity index (χ0) is 10.7. The van der Waals surface area contributed by atoms with E-state index in [-0.39, 0.29) is 0 Å². The maximum absolute atomic E-state index is 10.4. The number of hydrogen-bond donors (Lipinski definition) is 2. The predicted molar refractivity (Wildman–Crippen MR) is 59.2 cm³/mol. The number of rotatable bonds is 2. The fourth-order valence-electron chi connectivity index (χ4n) is 1.22. The molecule has 1 amide bonds. The summed E-state index contributed by atoms with van der Waals surface area (Å²) in [6, 6.07) is 7.14. The van der Waals surface area contributed by atoms with Crippen LogP contribution in [0.5, 0.6) is 0 Å². The van der Waals surface area contributed by atoms with E-state index in [2.05, 4.69) is 10.3 Å². The lowest BCUT2D eigenvalue weighted by atomic mass is 10.2. The van der Waals surface area contributed by atoms with Gasteiger partial charge >= 0.3 is 6.09 Å². The second kappa shape index (κ2) is 4.10. The van der Waals surface area contributed by atoms with Gasteiger partial charge in [-0.25, -0.2) is 9.78 Å². The van der Waals surface area contributed by atoms with Crippen molar-refractivity contribution in [3.8, 4) is 10.6 Å². The van der Waals surface area contributed by atoms with Crippen molar-refractivity contribution in [1.82, 2.24) is 4.98 Å². The summed E-state index contributed by atoms with van der Waals surface area (Å²) < 4.78 is 0. The summed E-state index contributed by atoms with van der Waals surface area (Å²) in [6.45, 7) is 0. The van der Waals surface area contributed by atoms with Crippen LogP contribution in [0.15, 0.2) is 35.8 Å². The van der Waals surface area contributed by atoms with E-state index in [1.54, 1.807) is 24.4 Å². The molecule has 1 aromatic carbocycles. The van der Waals surface area contributed by atoms with Crippen LogP contribution in [0.1, 0.15) is 0 Å². The van der Waals surface area contributed by atoms with Gasteiger partial charge in [-0.15, -0.1) is 11.3 Å². The molecule has 0 bridgehead atoms. The first kappa shape index (κ1) is 9.67. The van der Waals surface area contributed by atoms with Crippen molar-refractivity contribution in [2.24, 2.45) is 0 Å². The molecule has 0 unspecified atom stereocenters. The highest BCUT2D eigenvalue weighted by molar-refractivity contribution is 7.13. The Kier molecular flexibility index (Phi) is 2.64. The van der Waals surface area contributed by atoms with Crippen molar-refractivity contribution in [1.29, 1.82) is 0 Å². The van der Waals surface area contributed by atoms with Crippen LogP contribution in [0.2, 0.25) is 0 Å². The number of benzene rings is 1. The molecule has 0 atom stereocenters. The van der Waals surface area contributed by atoms with Crippen LogP contribution < -0.4 is 5.32 Å². The van der Waals surface area contributed by atoms with E-state index < -0.39 is 6.09 Å². The fraction of sp³-hybridized carbons (Fsp3) is 0. The lowest BCUT2D eigenvalue weighted by Crippen LogP contribution is -2.06. The van der Waals surface area contributed by atoms with E-state index in [0.717, 1.165) is 10.6 Å². The minimum atomic E-state index is -1.06. The van der Waals surface area contributed by atoms with Gasteiger partial charge in [-0.05, 0) is 12.1 Å². The number of carboxylic acid groups (broad SMARTS) is 1.